The van der Waals surface area contributed by atoms with E-state index in [4.69, 9.17) is 15.8 Å². The van der Waals surface area contributed by atoms with E-state index in [0.717, 1.165) is 22.2 Å². The maximum absolute atomic E-state index is 12.6. The van der Waals surface area contributed by atoms with E-state index in [0.29, 0.717) is 22.9 Å². The van der Waals surface area contributed by atoms with E-state index in [9.17, 15) is 10.1 Å². The number of anilines is 2. The topological polar surface area (TPSA) is 167 Å². The van der Waals surface area contributed by atoms with E-state index < -0.39 is 6.04 Å². The van der Waals surface area contributed by atoms with Gasteiger partial charge in [0.05, 0.1) is 23.9 Å². The Hall–Kier alpha value is -4.56. The van der Waals surface area contributed by atoms with Crippen LogP contribution in [0.15, 0.2) is 36.8 Å². The standard InChI is InChI=1S/C24H25N9O2/c1-13-8-16(10-17(9-13)24(35)27-5-7-34)19-20-14(2)4-6-33(20)32-22(31-19)15(3)30-23-18(11-25)21(26)28-12-29-23/h4,6,8-10,12,15,34H,5,7H2,1-3H3,(H,27,35)(H3,26,28,29,30). The van der Waals surface area contributed by atoms with Crippen LogP contribution in [0.25, 0.3) is 16.8 Å². The summed E-state index contributed by atoms with van der Waals surface area (Å²) in [5.41, 5.74) is 10.5. The van der Waals surface area contributed by atoms with Crippen LogP contribution in [-0.4, -0.2) is 48.7 Å². The molecule has 3 heterocycles. The van der Waals surface area contributed by atoms with E-state index in [1.54, 1.807) is 16.6 Å². The Morgan fingerprint density at radius 3 is 2.83 bits per heavy atom. The summed E-state index contributed by atoms with van der Waals surface area (Å²) in [6.07, 6.45) is 3.13. The number of nitrogens with zero attached hydrogens (tertiary/aromatic N) is 6. The normalized spacial score (nSPS) is 11.7. The van der Waals surface area contributed by atoms with E-state index >= 15 is 0 Å². The van der Waals surface area contributed by atoms with Gasteiger partial charge in [0.2, 0.25) is 0 Å². The number of fused-ring (bicyclic) bond motifs is 1. The molecule has 3 aromatic heterocycles. The number of aromatic nitrogens is 5. The molecular formula is C24H25N9O2. The third kappa shape index (κ3) is 4.73. The minimum Gasteiger partial charge on any atom is -0.395 e. The lowest BCUT2D eigenvalue weighted by Crippen LogP contribution is -2.26. The van der Waals surface area contributed by atoms with Crippen molar-refractivity contribution in [2.75, 3.05) is 24.2 Å². The van der Waals surface area contributed by atoms with Gasteiger partial charge in [-0.3, -0.25) is 4.79 Å². The second-order valence-corrected chi connectivity index (χ2v) is 8.14. The van der Waals surface area contributed by atoms with Crippen molar-refractivity contribution in [1.82, 2.24) is 29.9 Å². The molecule has 35 heavy (non-hydrogen) atoms. The van der Waals surface area contributed by atoms with Gasteiger partial charge in [-0.05, 0) is 56.2 Å². The maximum atomic E-state index is 12.6. The largest absolute Gasteiger partial charge is 0.395 e. The molecular weight excluding hydrogens is 446 g/mol. The summed E-state index contributed by atoms with van der Waals surface area (Å²) in [6.45, 7) is 5.76. The van der Waals surface area contributed by atoms with Gasteiger partial charge in [0.15, 0.2) is 5.82 Å². The summed E-state index contributed by atoms with van der Waals surface area (Å²) in [7, 11) is 0. The number of aliphatic hydroxyl groups excluding tert-OH is 1. The van der Waals surface area contributed by atoms with Gasteiger partial charge in [-0.2, -0.15) is 10.4 Å². The molecule has 178 valence electrons. The molecule has 1 amide bonds. The molecule has 0 spiro atoms. The van der Waals surface area contributed by atoms with Crippen LogP contribution in [-0.2, 0) is 0 Å². The zero-order chi connectivity index (χ0) is 25.1. The summed E-state index contributed by atoms with van der Waals surface area (Å²) >= 11 is 0. The number of nitrogen functional groups attached to an aromatic ring is 1. The number of aryl methyl sites for hydroxylation is 2. The Morgan fingerprint density at radius 2 is 2.09 bits per heavy atom. The van der Waals surface area contributed by atoms with Crippen LogP contribution in [0.4, 0.5) is 11.6 Å². The Kier molecular flexibility index (Phi) is 6.57. The summed E-state index contributed by atoms with van der Waals surface area (Å²) in [5, 5.41) is 29.0. The van der Waals surface area contributed by atoms with E-state index in [1.165, 1.54) is 6.33 Å². The number of benzene rings is 1. The van der Waals surface area contributed by atoms with Crippen molar-refractivity contribution in [3.05, 3.63) is 64.9 Å². The fourth-order valence-electron chi connectivity index (χ4n) is 3.79. The second-order valence-electron chi connectivity index (χ2n) is 8.14. The van der Waals surface area contributed by atoms with Crippen LogP contribution in [0.2, 0.25) is 0 Å². The second kappa shape index (κ2) is 9.74. The van der Waals surface area contributed by atoms with Crippen LogP contribution >= 0.6 is 0 Å². The number of rotatable bonds is 7. The monoisotopic (exact) mass is 471 g/mol. The molecule has 1 unspecified atom stereocenters. The molecule has 1 atom stereocenters. The predicted molar refractivity (Wildman–Crippen MR) is 131 cm³/mol. The summed E-state index contributed by atoms with van der Waals surface area (Å²) in [4.78, 5) is 25.4. The van der Waals surface area contributed by atoms with E-state index in [2.05, 4.69) is 25.7 Å². The van der Waals surface area contributed by atoms with Crippen molar-refractivity contribution in [2.45, 2.75) is 26.8 Å². The fraction of sp³-hybridized carbons (Fsp3) is 0.250. The van der Waals surface area contributed by atoms with Crippen molar-refractivity contribution in [3.63, 3.8) is 0 Å². The third-order valence-electron chi connectivity index (χ3n) is 5.47. The predicted octanol–water partition coefficient (Wildman–Crippen LogP) is 2.15. The Labute approximate surface area is 201 Å². The molecule has 11 nitrogen and oxygen atoms in total. The number of carbonyl (C=O) groups is 1. The zero-order valence-corrected chi connectivity index (χ0v) is 19.6. The quantitative estimate of drug-likeness (QED) is 0.316. The van der Waals surface area contributed by atoms with Gasteiger partial charge in [0.1, 0.15) is 29.6 Å². The van der Waals surface area contributed by atoms with Crippen molar-refractivity contribution in [2.24, 2.45) is 0 Å². The van der Waals surface area contributed by atoms with E-state index in [-0.39, 0.29) is 30.4 Å². The van der Waals surface area contributed by atoms with Crippen LogP contribution in [0.1, 0.15) is 45.8 Å². The number of hydrogen-bond donors (Lipinski definition) is 4. The Balaban J connectivity index is 1.80. The number of hydrogen-bond acceptors (Lipinski definition) is 9. The Bertz CT molecular complexity index is 1460. The number of carbonyl (C=O) groups excluding carboxylic acids is 1. The maximum Gasteiger partial charge on any atom is 0.251 e. The van der Waals surface area contributed by atoms with Gasteiger partial charge >= 0.3 is 0 Å². The first-order valence-electron chi connectivity index (χ1n) is 11.0. The molecule has 0 aliphatic heterocycles. The van der Waals surface area contributed by atoms with Crippen LogP contribution < -0.4 is 16.4 Å². The molecule has 4 aromatic rings. The van der Waals surface area contributed by atoms with E-state index in [1.807, 2.05) is 45.2 Å². The van der Waals surface area contributed by atoms with Gasteiger partial charge in [-0.1, -0.05) is 0 Å². The summed E-state index contributed by atoms with van der Waals surface area (Å²) in [6, 6.07) is 9.04. The minimum atomic E-state index is -0.431. The fourth-order valence-corrected chi connectivity index (χ4v) is 3.79. The lowest BCUT2D eigenvalue weighted by atomic mass is 10.0. The molecule has 4 rings (SSSR count). The van der Waals surface area contributed by atoms with Gasteiger partial charge < -0.3 is 21.5 Å². The van der Waals surface area contributed by atoms with Crippen LogP contribution in [0, 0.1) is 25.2 Å². The molecule has 0 bridgehead atoms. The highest BCUT2D eigenvalue weighted by Gasteiger charge is 2.20. The Morgan fingerprint density at radius 1 is 1.29 bits per heavy atom. The van der Waals surface area contributed by atoms with Crippen molar-refractivity contribution >= 4 is 23.1 Å². The highest BCUT2D eigenvalue weighted by Crippen LogP contribution is 2.29. The van der Waals surface area contributed by atoms with Gasteiger partial charge in [-0.25, -0.2) is 19.5 Å². The molecule has 11 heteroatoms. The number of aliphatic hydroxyl groups is 1. The lowest BCUT2D eigenvalue weighted by Gasteiger charge is -2.17. The average molecular weight is 472 g/mol. The number of nitrogens with one attached hydrogen (secondary N) is 2. The van der Waals surface area contributed by atoms with Crippen molar-refractivity contribution in [3.8, 4) is 17.3 Å². The summed E-state index contributed by atoms with van der Waals surface area (Å²) < 4.78 is 1.75. The first-order valence-corrected chi connectivity index (χ1v) is 11.0. The smallest absolute Gasteiger partial charge is 0.251 e. The SMILES string of the molecule is Cc1cc(C(=O)NCCO)cc(-c2nc(C(C)Nc3ncnc(N)c3C#N)nn3ccc(C)c23)c1. The number of nitriles is 1. The van der Waals surface area contributed by atoms with Crippen LogP contribution in [0.3, 0.4) is 0 Å². The number of nitrogens with two attached hydrogens (primary N) is 1. The highest BCUT2D eigenvalue weighted by atomic mass is 16.3. The summed E-state index contributed by atoms with van der Waals surface area (Å²) in [5.74, 6) is 0.556. The third-order valence-corrected chi connectivity index (χ3v) is 5.47. The minimum absolute atomic E-state index is 0.0852. The van der Waals surface area contributed by atoms with Gasteiger partial charge in [0.25, 0.3) is 5.91 Å². The molecule has 0 fully saturated rings. The highest BCUT2D eigenvalue weighted by molar-refractivity contribution is 5.96. The molecule has 0 aliphatic carbocycles. The molecule has 1 aromatic carbocycles. The molecule has 0 saturated carbocycles. The van der Waals surface area contributed by atoms with Gasteiger partial charge in [0, 0.05) is 23.9 Å². The molecule has 0 saturated heterocycles. The number of amides is 1. The first-order chi connectivity index (χ1) is 16.8. The average Bonchev–Trinajstić information content (AvgIpc) is 3.22. The molecule has 5 N–H and O–H groups in total. The van der Waals surface area contributed by atoms with Crippen molar-refractivity contribution < 1.29 is 9.90 Å². The zero-order valence-electron chi connectivity index (χ0n) is 19.6. The molecule has 0 aliphatic rings. The first kappa shape index (κ1) is 23.6. The van der Waals surface area contributed by atoms with Crippen LogP contribution in [0.5, 0.6) is 0 Å². The molecule has 0 radical (unpaired) electrons. The van der Waals surface area contributed by atoms with Gasteiger partial charge in [-0.15, -0.1) is 0 Å². The van der Waals surface area contributed by atoms with Crippen molar-refractivity contribution in [1.29, 1.82) is 5.26 Å². The lowest BCUT2D eigenvalue weighted by molar-refractivity contribution is 0.0944.